The maximum atomic E-state index is 12.4. The molecule has 1 amide bonds. The van der Waals surface area contributed by atoms with Gasteiger partial charge in [-0.2, -0.15) is 0 Å². The first-order valence-corrected chi connectivity index (χ1v) is 9.79. The van der Waals surface area contributed by atoms with Gasteiger partial charge in [-0.15, -0.1) is 0 Å². The summed E-state index contributed by atoms with van der Waals surface area (Å²) in [6.45, 7) is 0.396. The highest BCUT2D eigenvalue weighted by Gasteiger charge is 2.19. The molecular weight excluding hydrogens is 393 g/mol. The monoisotopic (exact) mass is 413 g/mol. The molecule has 0 saturated carbocycles. The fourth-order valence-electron chi connectivity index (χ4n) is 3.05. The van der Waals surface area contributed by atoms with E-state index in [4.69, 9.17) is 23.2 Å². The Morgan fingerprint density at radius 2 is 1.39 bits per heavy atom. The quantitative estimate of drug-likeness (QED) is 0.561. The van der Waals surface area contributed by atoms with Crippen LogP contribution in [0.3, 0.4) is 0 Å². The summed E-state index contributed by atoms with van der Waals surface area (Å²) < 4.78 is 0. The molecule has 3 aromatic rings. The fourth-order valence-corrected chi connectivity index (χ4v) is 3.31. The number of aliphatic hydroxyl groups excluding tert-OH is 1. The molecule has 2 atom stereocenters. The second kappa shape index (κ2) is 9.74. The first-order valence-electron chi connectivity index (χ1n) is 9.03. The lowest BCUT2D eigenvalue weighted by Crippen LogP contribution is -2.33. The maximum Gasteiger partial charge on any atom is 0.253 e. The molecule has 0 radical (unpaired) electrons. The van der Waals surface area contributed by atoms with E-state index in [9.17, 15) is 9.90 Å². The molecule has 0 aliphatic carbocycles. The van der Waals surface area contributed by atoms with E-state index in [-0.39, 0.29) is 5.92 Å². The highest BCUT2D eigenvalue weighted by molar-refractivity contribution is 6.30. The van der Waals surface area contributed by atoms with Crippen LogP contribution in [0.25, 0.3) is 0 Å². The van der Waals surface area contributed by atoms with Gasteiger partial charge in [0.15, 0.2) is 6.10 Å². The average Bonchev–Trinajstić information content (AvgIpc) is 2.73. The minimum atomic E-state index is -1.19. The summed E-state index contributed by atoms with van der Waals surface area (Å²) in [7, 11) is 0. The smallest absolute Gasteiger partial charge is 0.253 e. The van der Waals surface area contributed by atoms with Crippen molar-refractivity contribution < 1.29 is 9.90 Å². The van der Waals surface area contributed by atoms with E-state index < -0.39 is 12.0 Å². The molecule has 0 saturated heterocycles. The fraction of sp³-hybridized carbons (Fsp3) is 0.174. The van der Waals surface area contributed by atoms with Gasteiger partial charge in [-0.05, 0) is 47.4 Å². The Morgan fingerprint density at radius 3 is 2.00 bits per heavy atom. The number of benzene rings is 3. The normalized spacial score (nSPS) is 13.0. The molecule has 0 aliphatic heterocycles. The van der Waals surface area contributed by atoms with E-state index >= 15 is 0 Å². The summed E-state index contributed by atoms with van der Waals surface area (Å²) in [4.78, 5) is 12.4. The molecule has 28 heavy (non-hydrogen) atoms. The van der Waals surface area contributed by atoms with Crippen molar-refractivity contribution in [2.75, 3.05) is 6.54 Å². The number of aliphatic hydroxyl groups is 1. The van der Waals surface area contributed by atoms with Gasteiger partial charge in [0.05, 0.1) is 0 Å². The Labute approximate surface area is 174 Å². The number of rotatable bonds is 7. The largest absolute Gasteiger partial charge is 0.378 e. The Balaban J connectivity index is 1.72. The molecule has 5 heteroatoms. The predicted molar refractivity (Wildman–Crippen MR) is 114 cm³/mol. The molecule has 3 aromatic carbocycles. The first-order chi connectivity index (χ1) is 13.5. The van der Waals surface area contributed by atoms with E-state index in [0.717, 1.165) is 17.5 Å². The van der Waals surface area contributed by atoms with Gasteiger partial charge in [-0.25, -0.2) is 0 Å². The van der Waals surface area contributed by atoms with Gasteiger partial charge in [0.2, 0.25) is 0 Å². The van der Waals surface area contributed by atoms with Crippen molar-refractivity contribution in [1.29, 1.82) is 0 Å². The molecule has 3 nitrogen and oxygen atoms in total. The van der Waals surface area contributed by atoms with Crippen LogP contribution in [0.1, 0.15) is 28.7 Å². The molecule has 0 fully saturated rings. The zero-order valence-electron chi connectivity index (χ0n) is 15.2. The standard InChI is InChI=1S/C23H21Cl2NO2/c24-20-10-6-16(7-11-20)14-19(17-8-12-21(25)13-9-17)15-26-23(28)22(27)18-4-2-1-3-5-18/h1-13,19,22,27H,14-15H2,(H,26,28)/t19-,22?/m0/s1. The van der Waals surface area contributed by atoms with Gasteiger partial charge in [0, 0.05) is 22.5 Å². The van der Waals surface area contributed by atoms with Crippen LogP contribution in [-0.4, -0.2) is 17.6 Å². The Hall–Kier alpha value is -2.33. The van der Waals surface area contributed by atoms with Crippen molar-refractivity contribution in [1.82, 2.24) is 5.32 Å². The van der Waals surface area contributed by atoms with Gasteiger partial charge < -0.3 is 10.4 Å². The third-order valence-electron chi connectivity index (χ3n) is 4.62. The molecular formula is C23H21Cl2NO2. The molecule has 0 aliphatic rings. The molecule has 0 aromatic heterocycles. The lowest BCUT2D eigenvalue weighted by atomic mass is 9.91. The Morgan fingerprint density at radius 1 is 0.821 bits per heavy atom. The van der Waals surface area contributed by atoms with Crippen LogP contribution < -0.4 is 5.32 Å². The van der Waals surface area contributed by atoms with Crippen LogP contribution in [0.2, 0.25) is 10.0 Å². The van der Waals surface area contributed by atoms with Crippen LogP contribution in [0, 0.1) is 0 Å². The van der Waals surface area contributed by atoms with Gasteiger partial charge >= 0.3 is 0 Å². The van der Waals surface area contributed by atoms with Crippen LogP contribution in [-0.2, 0) is 11.2 Å². The third-order valence-corrected chi connectivity index (χ3v) is 5.13. The van der Waals surface area contributed by atoms with E-state index in [1.54, 1.807) is 24.3 Å². The highest BCUT2D eigenvalue weighted by Crippen LogP contribution is 2.24. The van der Waals surface area contributed by atoms with Crippen molar-refractivity contribution in [3.63, 3.8) is 0 Å². The third kappa shape index (κ3) is 5.59. The molecule has 2 N–H and O–H groups in total. The first kappa shape index (κ1) is 20.4. The van der Waals surface area contributed by atoms with Gasteiger partial charge in [0.1, 0.15) is 0 Å². The van der Waals surface area contributed by atoms with Crippen molar-refractivity contribution in [3.8, 4) is 0 Å². The number of carbonyl (C=O) groups is 1. The van der Waals surface area contributed by atoms with Crippen LogP contribution in [0.5, 0.6) is 0 Å². The minimum Gasteiger partial charge on any atom is -0.378 e. The molecule has 144 valence electrons. The zero-order valence-corrected chi connectivity index (χ0v) is 16.7. The van der Waals surface area contributed by atoms with E-state index in [0.29, 0.717) is 22.2 Å². The van der Waals surface area contributed by atoms with Crippen molar-refractivity contribution in [3.05, 3.63) is 106 Å². The second-order valence-corrected chi connectivity index (χ2v) is 7.51. The minimum absolute atomic E-state index is 0.0327. The van der Waals surface area contributed by atoms with Gasteiger partial charge in [0.25, 0.3) is 5.91 Å². The lowest BCUT2D eigenvalue weighted by molar-refractivity contribution is -0.129. The van der Waals surface area contributed by atoms with Crippen LogP contribution in [0.15, 0.2) is 78.9 Å². The second-order valence-electron chi connectivity index (χ2n) is 6.64. The predicted octanol–water partition coefficient (Wildman–Crippen LogP) is 5.17. The number of hydrogen-bond acceptors (Lipinski definition) is 2. The molecule has 1 unspecified atom stereocenters. The average molecular weight is 414 g/mol. The highest BCUT2D eigenvalue weighted by atomic mass is 35.5. The molecule has 3 rings (SSSR count). The van der Waals surface area contributed by atoms with Crippen LogP contribution >= 0.6 is 23.2 Å². The Kier molecular flexibility index (Phi) is 7.10. The topological polar surface area (TPSA) is 49.3 Å². The number of hydrogen-bond donors (Lipinski definition) is 2. The summed E-state index contributed by atoms with van der Waals surface area (Å²) in [5, 5.41) is 14.5. The number of nitrogens with one attached hydrogen (secondary N) is 1. The molecule has 0 spiro atoms. The van der Waals surface area contributed by atoms with E-state index in [2.05, 4.69) is 5.32 Å². The Bertz CT molecular complexity index is 896. The molecule has 0 heterocycles. The maximum absolute atomic E-state index is 12.4. The van der Waals surface area contributed by atoms with E-state index in [1.165, 1.54) is 0 Å². The summed E-state index contributed by atoms with van der Waals surface area (Å²) in [5.74, 6) is -0.383. The lowest BCUT2D eigenvalue weighted by Gasteiger charge is -2.20. The van der Waals surface area contributed by atoms with Crippen LogP contribution in [0.4, 0.5) is 0 Å². The van der Waals surface area contributed by atoms with Gasteiger partial charge in [-0.3, -0.25) is 4.79 Å². The number of halogens is 2. The summed E-state index contributed by atoms with van der Waals surface area (Å²) >= 11 is 12.0. The van der Waals surface area contributed by atoms with Gasteiger partial charge in [-0.1, -0.05) is 77.8 Å². The summed E-state index contributed by atoms with van der Waals surface area (Å²) in [6, 6.07) is 24.2. The molecule has 0 bridgehead atoms. The summed E-state index contributed by atoms with van der Waals surface area (Å²) in [6.07, 6.45) is -0.469. The van der Waals surface area contributed by atoms with Crippen molar-refractivity contribution in [2.24, 2.45) is 0 Å². The number of amides is 1. The number of carbonyl (C=O) groups excluding carboxylic acids is 1. The van der Waals surface area contributed by atoms with E-state index in [1.807, 2.05) is 54.6 Å². The summed E-state index contributed by atoms with van der Waals surface area (Å²) in [5.41, 5.74) is 2.75. The zero-order chi connectivity index (χ0) is 19.9. The van der Waals surface area contributed by atoms with Crippen molar-refractivity contribution in [2.45, 2.75) is 18.4 Å². The van der Waals surface area contributed by atoms with Crippen molar-refractivity contribution >= 4 is 29.1 Å². The SMILES string of the molecule is O=C(NC[C@H](Cc1ccc(Cl)cc1)c1ccc(Cl)cc1)C(O)c1ccccc1.